The molecule has 1 N–H and O–H groups in total. The highest BCUT2D eigenvalue weighted by Gasteiger charge is 2.19. The number of amides is 1. The first kappa shape index (κ1) is 18.4. The van der Waals surface area contributed by atoms with E-state index in [0.717, 1.165) is 15.7 Å². The van der Waals surface area contributed by atoms with E-state index in [-0.39, 0.29) is 5.82 Å². The van der Waals surface area contributed by atoms with Crippen LogP contribution in [0.4, 0.5) is 5.69 Å². The highest BCUT2D eigenvalue weighted by molar-refractivity contribution is 9.10. The summed E-state index contributed by atoms with van der Waals surface area (Å²) in [5.74, 6) is 0.247. The number of nitrogens with zero attached hydrogens (tertiary/aromatic N) is 3. The largest absolute Gasteiger partial charge is 0.319 e. The summed E-state index contributed by atoms with van der Waals surface area (Å²) < 4.78 is 2.62. The van der Waals surface area contributed by atoms with Gasteiger partial charge in [-0.05, 0) is 42.5 Å². The monoisotopic (exact) mass is 452 g/mol. The average molecular weight is 454 g/mol. The van der Waals surface area contributed by atoms with Crippen LogP contribution in [0.1, 0.15) is 10.6 Å². The minimum atomic E-state index is -0.407. The van der Waals surface area contributed by atoms with Gasteiger partial charge < -0.3 is 5.32 Å². The molecule has 0 spiro atoms. The Hall–Kier alpha value is -2.96. The highest BCUT2D eigenvalue weighted by atomic mass is 79.9. The lowest BCUT2D eigenvalue weighted by atomic mass is 10.2. The van der Waals surface area contributed by atoms with E-state index < -0.39 is 5.91 Å². The van der Waals surface area contributed by atoms with Crippen molar-refractivity contribution in [2.45, 2.75) is 0 Å². The van der Waals surface area contributed by atoms with Crippen molar-refractivity contribution in [2.24, 2.45) is 0 Å². The molecule has 138 valence electrons. The van der Waals surface area contributed by atoms with E-state index in [2.05, 4.69) is 31.3 Å². The molecule has 1 heterocycles. The van der Waals surface area contributed by atoms with E-state index in [9.17, 15) is 4.79 Å². The summed E-state index contributed by atoms with van der Waals surface area (Å²) in [6.45, 7) is 0. The third-order valence-corrected chi connectivity index (χ3v) is 4.76. The molecule has 1 amide bonds. The van der Waals surface area contributed by atoms with Crippen LogP contribution in [0.2, 0.25) is 5.02 Å². The van der Waals surface area contributed by atoms with Crippen LogP contribution in [0.3, 0.4) is 0 Å². The lowest BCUT2D eigenvalue weighted by Gasteiger charge is -2.05. The van der Waals surface area contributed by atoms with Gasteiger partial charge in [0, 0.05) is 20.7 Å². The van der Waals surface area contributed by atoms with Gasteiger partial charge in [-0.2, -0.15) is 0 Å². The molecule has 0 aliphatic carbocycles. The molecule has 0 saturated heterocycles. The standard InChI is InChI=1S/C21H14BrClN4O/c22-15-9-11-18(12-10-15)27-20(14-5-2-1-3-6-14)25-19(26-27)21(28)24-17-8-4-7-16(23)13-17/h1-13H,(H,24,28). The highest BCUT2D eigenvalue weighted by Crippen LogP contribution is 2.23. The Morgan fingerprint density at radius 1 is 0.964 bits per heavy atom. The van der Waals surface area contributed by atoms with Crippen LogP contribution in [0.25, 0.3) is 17.1 Å². The van der Waals surface area contributed by atoms with Gasteiger partial charge in [0.15, 0.2) is 5.82 Å². The minimum Gasteiger partial charge on any atom is -0.319 e. The zero-order valence-corrected chi connectivity index (χ0v) is 16.9. The fraction of sp³-hybridized carbons (Fsp3) is 0. The minimum absolute atomic E-state index is 0.0711. The maximum atomic E-state index is 12.7. The first-order valence-corrected chi connectivity index (χ1v) is 9.62. The Morgan fingerprint density at radius 2 is 1.71 bits per heavy atom. The van der Waals surface area contributed by atoms with Crippen LogP contribution in [-0.2, 0) is 0 Å². The molecule has 3 aromatic carbocycles. The first-order chi connectivity index (χ1) is 13.6. The van der Waals surface area contributed by atoms with Gasteiger partial charge in [-0.1, -0.05) is 63.9 Å². The number of halogens is 2. The average Bonchev–Trinajstić information content (AvgIpc) is 3.15. The summed E-state index contributed by atoms with van der Waals surface area (Å²) in [6, 6.07) is 24.2. The number of hydrogen-bond donors (Lipinski definition) is 1. The predicted molar refractivity (Wildman–Crippen MR) is 114 cm³/mol. The molecule has 0 aliphatic heterocycles. The van der Waals surface area contributed by atoms with Crippen LogP contribution in [0.15, 0.2) is 83.3 Å². The molecule has 0 aliphatic rings. The molecule has 7 heteroatoms. The fourth-order valence-electron chi connectivity index (χ4n) is 2.70. The van der Waals surface area contributed by atoms with Gasteiger partial charge in [-0.25, -0.2) is 9.67 Å². The molecule has 0 fully saturated rings. The van der Waals surface area contributed by atoms with Gasteiger partial charge in [0.2, 0.25) is 5.82 Å². The molecule has 4 rings (SSSR count). The van der Waals surface area contributed by atoms with Crippen molar-refractivity contribution in [2.75, 3.05) is 5.32 Å². The second kappa shape index (κ2) is 7.96. The van der Waals surface area contributed by atoms with E-state index in [1.807, 2.05) is 54.6 Å². The molecule has 0 atom stereocenters. The van der Waals surface area contributed by atoms with Crippen LogP contribution in [-0.4, -0.2) is 20.7 Å². The Kier molecular flexibility index (Phi) is 5.23. The quantitative estimate of drug-likeness (QED) is 0.437. The Bertz CT molecular complexity index is 1130. The Balaban J connectivity index is 1.74. The van der Waals surface area contributed by atoms with Crippen molar-refractivity contribution >= 4 is 39.1 Å². The van der Waals surface area contributed by atoms with E-state index in [4.69, 9.17) is 11.6 Å². The predicted octanol–water partition coefficient (Wildman–Crippen LogP) is 5.60. The number of hydrogen-bond acceptors (Lipinski definition) is 3. The summed E-state index contributed by atoms with van der Waals surface area (Å²) in [5, 5.41) is 7.77. The molecule has 0 unspecified atom stereocenters. The van der Waals surface area contributed by atoms with Gasteiger partial charge in [-0.15, -0.1) is 5.10 Å². The van der Waals surface area contributed by atoms with Crippen LogP contribution in [0.5, 0.6) is 0 Å². The van der Waals surface area contributed by atoms with Gasteiger partial charge in [0.25, 0.3) is 5.91 Å². The molecule has 0 radical (unpaired) electrons. The summed E-state index contributed by atoms with van der Waals surface area (Å²) in [5.41, 5.74) is 2.25. The summed E-state index contributed by atoms with van der Waals surface area (Å²) >= 11 is 9.42. The number of carbonyl (C=O) groups is 1. The van der Waals surface area contributed by atoms with Crippen LogP contribution < -0.4 is 5.32 Å². The number of anilines is 1. The van der Waals surface area contributed by atoms with Gasteiger partial charge >= 0.3 is 0 Å². The van der Waals surface area contributed by atoms with Crippen LogP contribution in [0, 0.1) is 0 Å². The number of aromatic nitrogens is 3. The molecule has 5 nitrogen and oxygen atoms in total. The molecule has 0 bridgehead atoms. The molecule has 0 saturated carbocycles. The summed E-state index contributed by atoms with van der Waals surface area (Å²) in [4.78, 5) is 17.2. The van der Waals surface area contributed by atoms with Gasteiger partial charge in [0.1, 0.15) is 0 Å². The van der Waals surface area contributed by atoms with Gasteiger partial charge in [0.05, 0.1) is 5.69 Å². The van der Waals surface area contributed by atoms with Gasteiger partial charge in [-0.3, -0.25) is 4.79 Å². The van der Waals surface area contributed by atoms with Crippen molar-refractivity contribution in [3.05, 3.63) is 94.2 Å². The maximum absolute atomic E-state index is 12.7. The zero-order valence-electron chi connectivity index (χ0n) is 14.5. The Labute approximate surface area is 175 Å². The van der Waals surface area contributed by atoms with E-state index in [1.165, 1.54) is 0 Å². The second-order valence-corrected chi connectivity index (χ2v) is 7.33. The third kappa shape index (κ3) is 3.98. The number of nitrogens with one attached hydrogen (secondary N) is 1. The van der Waals surface area contributed by atoms with E-state index in [0.29, 0.717) is 16.5 Å². The topological polar surface area (TPSA) is 59.8 Å². The SMILES string of the molecule is O=C(Nc1cccc(Cl)c1)c1nc(-c2ccccc2)n(-c2ccc(Br)cc2)n1. The zero-order chi connectivity index (χ0) is 19.5. The van der Waals surface area contributed by atoms with Crippen molar-refractivity contribution in [1.29, 1.82) is 0 Å². The van der Waals surface area contributed by atoms with Crippen molar-refractivity contribution in [1.82, 2.24) is 14.8 Å². The molecular weight excluding hydrogens is 440 g/mol. The number of rotatable bonds is 4. The molecule has 4 aromatic rings. The second-order valence-electron chi connectivity index (χ2n) is 5.98. The van der Waals surface area contributed by atoms with E-state index >= 15 is 0 Å². The number of carbonyl (C=O) groups excluding carboxylic acids is 1. The van der Waals surface area contributed by atoms with Crippen molar-refractivity contribution < 1.29 is 4.79 Å². The van der Waals surface area contributed by atoms with Crippen LogP contribution >= 0.6 is 27.5 Å². The van der Waals surface area contributed by atoms with Crippen molar-refractivity contribution in [3.63, 3.8) is 0 Å². The lowest BCUT2D eigenvalue weighted by Crippen LogP contribution is -2.14. The van der Waals surface area contributed by atoms with E-state index in [1.54, 1.807) is 28.9 Å². The smallest absolute Gasteiger partial charge is 0.295 e. The summed E-state index contributed by atoms with van der Waals surface area (Å²) in [7, 11) is 0. The Morgan fingerprint density at radius 3 is 2.43 bits per heavy atom. The fourth-order valence-corrected chi connectivity index (χ4v) is 3.15. The molecule has 1 aromatic heterocycles. The maximum Gasteiger partial charge on any atom is 0.295 e. The normalized spacial score (nSPS) is 10.6. The third-order valence-electron chi connectivity index (χ3n) is 4.00. The number of benzene rings is 3. The lowest BCUT2D eigenvalue weighted by molar-refractivity contribution is 0.101. The molecule has 28 heavy (non-hydrogen) atoms. The molecular formula is C21H14BrClN4O. The first-order valence-electron chi connectivity index (χ1n) is 8.45. The summed E-state index contributed by atoms with van der Waals surface area (Å²) in [6.07, 6.45) is 0. The van der Waals surface area contributed by atoms with Crippen molar-refractivity contribution in [3.8, 4) is 17.1 Å².